The van der Waals surface area contributed by atoms with Crippen molar-refractivity contribution in [2.75, 3.05) is 25.0 Å². The van der Waals surface area contributed by atoms with Crippen LogP contribution >= 0.6 is 0 Å². The number of amides is 1. The molecule has 1 saturated heterocycles. The lowest BCUT2D eigenvalue weighted by molar-refractivity contribution is -0.131. The highest BCUT2D eigenvalue weighted by molar-refractivity contribution is 5.76. The monoisotopic (exact) mass is 379 g/mol. The van der Waals surface area contributed by atoms with Crippen molar-refractivity contribution in [2.24, 2.45) is 5.92 Å². The Labute approximate surface area is 167 Å². The first-order valence-corrected chi connectivity index (χ1v) is 10.5. The highest BCUT2D eigenvalue weighted by Gasteiger charge is 2.23. The smallest absolute Gasteiger partial charge is 0.225 e. The van der Waals surface area contributed by atoms with Gasteiger partial charge in [-0.1, -0.05) is 12.8 Å². The molecule has 6 heteroatoms. The van der Waals surface area contributed by atoms with Crippen LogP contribution < -0.4 is 4.90 Å². The highest BCUT2D eigenvalue weighted by Crippen LogP contribution is 2.29. The van der Waals surface area contributed by atoms with Crippen LogP contribution in [-0.4, -0.2) is 45.9 Å². The molecular weight excluding hydrogens is 350 g/mol. The maximum absolute atomic E-state index is 12.8. The number of carbonyl (C=O) groups is 1. The maximum Gasteiger partial charge on any atom is 0.225 e. The molecule has 2 aliphatic rings. The molecule has 0 radical (unpaired) electrons. The van der Waals surface area contributed by atoms with E-state index in [9.17, 15) is 4.79 Å². The summed E-state index contributed by atoms with van der Waals surface area (Å²) < 4.78 is 0. The van der Waals surface area contributed by atoms with Crippen molar-refractivity contribution in [3.63, 3.8) is 0 Å². The van der Waals surface area contributed by atoms with Crippen molar-refractivity contribution in [2.45, 2.75) is 51.5 Å². The summed E-state index contributed by atoms with van der Waals surface area (Å²) in [7, 11) is 1.89. The summed E-state index contributed by atoms with van der Waals surface area (Å²) in [5.41, 5.74) is 2.92. The number of nitrogens with zero attached hydrogens (tertiary/aromatic N) is 5. The van der Waals surface area contributed by atoms with Crippen molar-refractivity contribution >= 4 is 11.9 Å². The van der Waals surface area contributed by atoms with Gasteiger partial charge in [0.05, 0.1) is 12.2 Å². The highest BCUT2D eigenvalue weighted by atomic mass is 16.2. The van der Waals surface area contributed by atoms with Gasteiger partial charge in [-0.25, -0.2) is 9.97 Å². The maximum atomic E-state index is 12.8. The van der Waals surface area contributed by atoms with E-state index in [1.165, 1.54) is 38.5 Å². The van der Waals surface area contributed by atoms with Gasteiger partial charge in [-0.2, -0.15) is 0 Å². The molecule has 0 unspecified atom stereocenters. The summed E-state index contributed by atoms with van der Waals surface area (Å²) in [4.78, 5) is 30.4. The number of carbonyl (C=O) groups excluding carboxylic acids is 1. The zero-order chi connectivity index (χ0) is 19.3. The molecule has 1 aliphatic carbocycles. The Morgan fingerprint density at radius 2 is 1.86 bits per heavy atom. The lowest BCUT2D eigenvalue weighted by atomic mass is 10.0. The van der Waals surface area contributed by atoms with Crippen molar-refractivity contribution in [1.82, 2.24) is 19.9 Å². The quantitative estimate of drug-likeness (QED) is 0.766. The lowest BCUT2D eigenvalue weighted by Gasteiger charge is -2.22. The van der Waals surface area contributed by atoms with Crippen LogP contribution in [0.3, 0.4) is 0 Å². The van der Waals surface area contributed by atoms with Gasteiger partial charge < -0.3 is 9.80 Å². The Morgan fingerprint density at radius 3 is 2.57 bits per heavy atom. The fraction of sp³-hybridized carbons (Fsp3) is 0.545. The number of hydrogen-bond donors (Lipinski definition) is 0. The molecule has 0 bridgehead atoms. The molecule has 3 heterocycles. The van der Waals surface area contributed by atoms with Gasteiger partial charge in [0.1, 0.15) is 0 Å². The second-order valence-electron chi connectivity index (χ2n) is 8.06. The van der Waals surface area contributed by atoms with Crippen molar-refractivity contribution in [3.8, 4) is 11.1 Å². The second kappa shape index (κ2) is 8.67. The molecule has 2 aromatic rings. The number of hydrogen-bond acceptors (Lipinski definition) is 5. The van der Waals surface area contributed by atoms with Crippen LogP contribution in [-0.2, 0) is 11.3 Å². The van der Waals surface area contributed by atoms with Crippen LogP contribution in [0.4, 0.5) is 5.95 Å². The fourth-order valence-corrected chi connectivity index (χ4v) is 4.30. The van der Waals surface area contributed by atoms with Gasteiger partial charge in [-0.3, -0.25) is 9.78 Å². The fourth-order valence-electron chi connectivity index (χ4n) is 4.30. The van der Waals surface area contributed by atoms with Crippen LogP contribution in [0.25, 0.3) is 11.1 Å². The van der Waals surface area contributed by atoms with Crippen molar-refractivity contribution < 1.29 is 4.79 Å². The summed E-state index contributed by atoms with van der Waals surface area (Å²) in [6.45, 7) is 2.52. The summed E-state index contributed by atoms with van der Waals surface area (Å²) in [6.07, 6.45) is 13.4. The Kier molecular flexibility index (Phi) is 5.84. The first kappa shape index (κ1) is 18.8. The Morgan fingerprint density at radius 1 is 1.14 bits per heavy atom. The molecule has 0 spiro atoms. The summed E-state index contributed by atoms with van der Waals surface area (Å²) in [5.74, 6) is 1.55. The topological polar surface area (TPSA) is 62.2 Å². The molecule has 2 fully saturated rings. The second-order valence-corrected chi connectivity index (χ2v) is 8.06. The molecule has 0 atom stereocenters. The normalized spacial score (nSPS) is 17.2. The average molecular weight is 380 g/mol. The minimum atomic E-state index is 0.217. The van der Waals surface area contributed by atoms with Gasteiger partial charge in [-0.15, -0.1) is 0 Å². The molecular formula is C22H29N5O. The summed E-state index contributed by atoms with van der Waals surface area (Å²) >= 11 is 0. The summed E-state index contributed by atoms with van der Waals surface area (Å²) in [5, 5.41) is 0. The van der Waals surface area contributed by atoms with Gasteiger partial charge in [0.2, 0.25) is 11.9 Å². The Balaban J connectivity index is 1.56. The molecule has 6 nitrogen and oxygen atoms in total. The van der Waals surface area contributed by atoms with Gasteiger partial charge in [0, 0.05) is 50.7 Å². The van der Waals surface area contributed by atoms with Gasteiger partial charge in [0.25, 0.3) is 0 Å². The molecule has 28 heavy (non-hydrogen) atoms. The van der Waals surface area contributed by atoms with E-state index in [1.54, 1.807) is 12.4 Å². The zero-order valence-electron chi connectivity index (χ0n) is 16.7. The van der Waals surface area contributed by atoms with E-state index in [1.807, 2.05) is 30.3 Å². The van der Waals surface area contributed by atoms with Crippen molar-refractivity contribution in [3.05, 3.63) is 36.4 Å². The Bertz CT molecular complexity index is 798. The van der Waals surface area contributed by atoms with E-state index < -0.39 is 0 Å². The van der Waals surface area contributed by atoms with E-state index in [0.29, 0.717) is 18.9 Å². The average Bonchev–Trinajstić information content (AvgIpc) is 3.43. The molecule has 2 aromatic heterocycles. The minimum absolute atomic E-state index is 0.217. The van der Waals surface area contributed by atoms with E-state index >= 15 is 0 Å². The van der Waals surface area contributed by atoms with Gasteiger partial charge in [-0.05, 0) is 49.3 Å². The number of rotatable bonds is 6. The third kappa shape index (κ3) is 4.32. The minimum Gasteiger partial charge on any atom is -0.341 e. The SMILES string of the molecule is CN(Cc1nc(N2CCCC2)ncc1-c1ccncc1)C(=O)CC1CCCC1. The molecule has 1 aliphatic heterocycles. The predicted octanol–water partition coefficient (Wildman–Crippen LogP) is 3.68. The third-order valence-electron chi connectivity index (χ3n) is 5.99. The van der Waals surface area contributed by atoms with Gasteiger partial charge in [0.15, 0.2) is 0 Å². The molecule has 1 amide bonds. The number of aromatic nitrogens is 3. The lowest BCUT2D eigenvalue weighted by Crippen LogP contribution is -2.29. The first-order chi connectivity index (χ1) is 13.7. The van der Waals surface area contributed by atoms with Crippen LogP contribution in [0.5, 0.6) is 0 Å². The summed E-state index contributed by atoms with van der Waals surface area (Å²) in [6, 6.07) is 3.94. The molecule has 4 rings (SSSR count). The van der Waals surface area contributed by atoms with Gasteiger partial charge >= 0.3 is 0 Å². The Hall–Kier alpha value is -2.50. The number of pyridine rings is 1. The molecule has 148 valence electrons. The van der Waals surface area contributed by atoms with E-state index in [-0.39, 0.29) is 5.91 Å². The zero-order valence-corrected chi connectivity index (χ0v) is 16.7. The molecule has 0 aromatic carbocycles. The molecule has 0 N–H and O–H groups in total. The van der Waals surface area contributed by atoms with Crippen molar-refractivity contribution in [1.29, 1.82) is 0 Å². The van der Waals surface area contributed by atoms with Crippen LogP contribution in [0.2, 0.25) is 0 Å². The van der Waals surface area contributed by atoms with E-state index in [0.717, 1.165) is 35.9 Å². The standard InChI is InChI=1S/C22H29N5O/c1-26(21(28)14-17-6-2-3-7-17)16-20-19(18-8-10-23-11-9-18)15-24-22(25-20)27-12-4-5-13-27/h8-11,15,17H,2-7,12-14,16H2,1H3. The number of anilines is 1. The predicted molar refractivity (Wildman–Crippen MR) is 110 cm³/mol. The largest absolute Gasteiger partial charge is 0.341 e. The van der Waals surface area contributed by atoms with Crippen LogP contribution in [0.15, 0.2) is 30.7 Å². The van der Waals surface area contributed by atoms with E-state index in [4.69, 9.17) is 4.98 Å². The van der Waals surface area contributed by atoms with E-state index in [2.05, 4.69) is 14.9 Å². The molecule has 1 saturated carbocycles. The first-order valence-electron chi connectivity index (χ1n) is 10.5. The third-order valence-corrected chi connectivity index (χ3v) is 5.99. The van der Waals surface area contributed by atoms with Crippen LogP contribution in [0.1, 0.15) is 50.6 Å². The van der Waals surface area contributed by atoms with Crippen LogP contribution in [0, 0.1) is 5.92 Å².